The molecule has 2 aromatic carbocycles. The van der Waals surface area contributed by atoms with E-state index in [1.807, 2.05) is 38.4 Å². The maximum atomic E-state index is 9.41. The molecule has 12 heteroatoms. The summed E-state index contributed by atoms with van der Waals surface area (Å²) in [6.07, 6.45) is 0. The zero-order valence-corrected chi connectivity index (χ0v) is 18.6. The van der Waals surface area contributed by atoms with Crippen molar-refractivity contribution in [2.24, 2.45) is 5.73 Å². The second kappa shape index (κ2) is 9.41. The van der Waals surface area contributed by atoms with Gasteiger partial charge in [0.15, 0.2) is 0 Å². The summed E-state index contributed by atoms with van der Waals surface area (Å²) in [6.45, 7) is 0.710. The van der Waals surface area contributed by atoms with Gasteiger partial charge in [-0.15, -0.1) is 0 Å². The lowest BCUT2D eigenvalue weighted by atomic mass is 9.80. The van der Waals surface area contributed by atoms with E-state index in [9.17, 15) is 10.0 Å². The van der Waals surface area contributed by atoms with Gasteiger partial charge in [-0.25, -0.2) is 4.57 Å². The highest BCUT2D eigenvalue weighted by molar-refractivity contribution is 6.58. The summed E-state index contributed by atoms with van der Waals surface area (Å²) < 4.78 is 7.24. The van der Waals surface area contributed by atoms with Crippen molar-refractivity contribution in [3.63, 3.8) is 0 Å². The first-order valence-corrected chi connectivity index (χ1v) is 10.3. The lowest BCUT2D eigenvalue weighted by Crippen LogP contribution is -2.30. The smallest absolute Gasteiger partial charge is 0.468 e. The first-order valence-electron chi connectivity index (χ1n) is 10.3. The number of hydrogen-bond acceptors (Lipinski definition) is 10. The Labute approximate surface area is 191 Å². The minimum atomic E-state index is -1.53. The number of methoxy groups -OCH3 is 1. The molecular formula is C21H25BN8O3. The van der Waals surface area contributed by atoms with Crippen LogP contribution >= 0.6 is 0 Å². The number of nitrogens with one attached hydrogen (secondary N) is 1. The Morgan fingerprint density at radius 1 is 1.09 bits per heavy atom. The van der Waals surface area contributed by atoms with E-state index in [1.165, 1.54) is 7.11 Å². The van der Waals surface area contributed by atoms with Crippen LogP contribution in [0.5, 0.6) is 6.01 Å². The average Bonchev–Trinajstić information content (AvgIpc) is 3.21. The van der Waals surface area contributed by atoms with Gasteiger partial charge in [-0.05, 0) is 22.7 Å². The second-order valence-corrected chi connectivity index (χ2v) is 7.55. The van der Waals surface area contributed by atoms with Crippen LogP contribution in [0.4, 0.5) is 11.9 Å². The van der Waals surface area contributed by atoms with E-state index in [1.54, 1.807) is 27.7 Å². The molecule has 0 saturated heterocycles. The van der Waals surface area contributed by atoms with Crippen molar-refractivity contribution in [2.75, 3.05) is 31.4 Å². The minimum absolute atomic E-state index is 0.331. The highest BCUT2D eigenvalue weighted by atomic mass is 16.5. The van der Waals surface area contributed by atoms with E-state index < -0.39 is 7.12 Å². The summed E-state index contributed by atoms with van der Waals surface area (Å²) in [4.78, 5) is 20.0. The van der Waals surface area contributed by atoms with Crippen LogP contribution in [0.25, 0.3) is 17.0 Å². The van der Waals surface area contributed by atoms with Gasteiger partial charge in [0.05, 0.1) is 18.1 Å². The molecule has 0 radical (unpaired) electrons. The number of ether oxygens (including phenoxy) is 1. The first-order chi connectivity index (χ1) is 15.9. The number of rotatable bonds is 8. The zero-order chi connectivity index (χ0) is 23.5. The van der Waals surface area contributed by atoms with Crippen LogP contribution in [0.3, 0.4) is 0 Å². The van der Waals surface area contributed by atoms with Gasteiger partial charge in [-0.3, -0.25) is 0 Å². The van der Waals surface area contributed by atoms with Crippen LogP contribution in [0.15, 0.2) is 42.5 Å². The standard InChI is InChI=1S/C21H25BN8O3/c1-29(2)19-26-18(24-12-13-6-4-8-15(10-13)22(31)32)27-20(28-19)30-16-9-5-7-14(11-23)17(16)25-21(30)33-3/h4-10,31-32H,11-12,23H2,1-3H3,(H,24,26,27,28). The Balaban J connectivity index is 1.76. The third-order valence-corrected chi connectivity index (χ3v) is 5.05. The van der Waals surface area contributed by atoms with Gasteiger partial charge in [0, 0.05) is 27.2 Å². The zero-order valence-electron chi connectivity index (χ0n) is 18.6. The molecule has 0 aliphatic rings. The number of para-hydroxylation sites is 1. The van der Waals surface area contributed by atoms with Crippen molar-refractivity contribution in [3.05, 3.63) is 53.6 Å². The fraction of sp³-hybridized carbons (Fsp3) is 0.238. The second-order valence-electron chi connectivity index (χ2n) is 7.55. The molecule has 0 saturated carbocycles. The number of fused-ring (bicyclic) bond motifs is 1. The third kappa shape index (κ3) is 4.58. The Morgan fingerprint density at radius 2 is 1.88 bits per heavy atom. The van der Waals surface area contributed by atoms with Gasteiger partial charge in [-0.2, -0.15) is 19.9 Å². The topological polar surface area (TPSA) is 147 Å². The molecule has 170 valence electrons. The number of nitrogens with zero attached hydrogens (tertiary/aromatic N) is 6. The molecule has 33 heavy (non-hydrogen) atoms. The number of benzene rings is 2. The number of aromatic nitrogens is 5. The molecule has 0 bridgehead atoms. The monoisotopic (exact) mass is 448 g/mol. The van der Waals surface area contributed by atoms with E-state index in [0.717, 1.165) is 22.2 Å². The van der Waals surface area contributed by atoms with Gasteiger partial charge in [-0.1, -0.05) is 36.4 Å². The van der Waals surface area contributed by atoms with E-state index in [4.69, 9.17) is 10.5 Å². The summed E-state index contributed by atoms with van der Waals surface area (Å²) in [6, 6.07) is 13.0. The van der Waals surface area contributed by atoms with E-state index in [2.05, 4.69) is 25.3 Å². The largest absolute Gasteiger partial charge is 0.488 e. The van der Waals surface area contributed by atoms with E-state index in [-0.39, 0.29) is 0 Å². The van der Waals surface area contributed by atoms with Crippen molar-refractivity contribution in [1.29, 1.82) is 0 Å². The van der Waals surface area contributed by atoms with Crippen molar-refractivity contribution in [1.82, 2.24) is 24.5 Å². The minimum Gasteiger partial charge on any atom is -0.468 e. The molecule has 0 amide bonds. The summed E-state index contributed by atoms with van der Waals surface area (Å²) in [5.74, 6) is 1.13. The molecule has 0 aliphatic carbocycles. The van der Waals surface area contributed by atoms with Crippen LogP contribution in [0.1, 0.15) is 11.1 Å². The number of nitrogens with two attached hydrogens (primary N) is 1. The van der Waals surface area contributed by atoms with E-state index >= 15 is 0 Å². The molecule has 2 aromatic heterocycles. The van der Waals surface area contributed by atoms with Crippen LogP contribution in [-0.2, 0) is 13.1 Å². The SMILES string of the molecule is COc1nc2c(CN)cccc2n1-c1nc(NCc2cccc(B(O)O)c2)nc(N(C)C)n1. The van der Waals surface area contributed by atoms with Crippen LogP contribution in [0.2, 0.25) is 0 Å². The van der Waals surface area contributed by atoms with Crippen molar-refractivity contribution in [3.8, 4) is 12.0 Å². The number of hydrogen-bond donors (Lipinski definition) is 4. The molecule has 0 aliphatic heterocycles. The molecular weight excluding hydrogens is 423 g/mol. The summed E-state index contributed by atoms with van der Waals surface area (Å²) in [7, 11) is 3.68. The first kappa shape index (κ1) is 22.5. The van der Waals surface area contributed by atoms with Crippen molar-refractivity contribution in [2.45, 2.75) is 13.1 Å². The van der Waals surface area contributed by atoms with Crippen LogP contribution in [-0.4, -0.2) is 62.9 Å². The predicted octanol–water partition coefficient (Wildman–Crippen LogP) is 0.0357. The molecule has 0 atom stereocenters. The lowest BCUT2D eigenvalue weighted by molar-refractivity contribution is 0.374. The summed E-state index contributed by atoms with van der Waals surface area (Å²) in [5, 5.41) is 22.0. The van der Waals surface area contributed by atoms with E-state index in [0.29, 0.717) is 42.4 Å². The molecule has 4 rings (SSSR count). The highest BCUT2D eigenvalue weighted by Gasteiger charge is 2.19. The lowest BCUT2D eigenvalue weighted by Gasteiger charge is -2.15. The Bertz CT molecular complexity index is 1280. The fourth-order valence-corrected chi connectivity index (χ4v) is 3.41. The molecule has 0 fully saturated rings. The van der Waals surface area contributed by atoms with Gasteiger partial charge in [0.1, 0.15) is 0 Å². The molecule has 5 N–H and O–H groups in total. The van der Waals surface area contributed by atoms with Crippen molar-refractivity contribution >= 4 is 35.5 Å². The average molecular weight is 448 g/mol. The predicted molar refractivity (Wildman–Crippen MR) is 127 cm³/mol. The van der Waals surface area contributed by atoms with Gasteiger partial charge in [0.25, 0.3) is 0 Å². The quantitative estimate of drug-likeness (QED) is 0.272. The molecule has 11 nitrogen and oxygen atoms in total. The Morgan fingerprint density at radius 3 is 2.58 bits per heavy atom. The Kier molecular flexibility index (Phi) is 6.40. The molecule has 4 aromatic rings. The number of imidazole rings is 1. The molecule has 2 heterocycles. The number of anilines is 2. The summed E-state index contributed by atoms with van der Waals surface area (Å²) in [5.41, 5.74) is 9.51. The van der Waals surface area contributed by atoms with Crippen LogP contribution in [0, 0.1) is 0 Å². The summed E-state index contributed by atoms with van der Waals surface area (Å²) >= 11 is 0. The van der Waals surface area contributed by atoms with Gasteiger partial charge in [0.2, 0.25) is 17.8 Å². The fourth-order valence-electron chi connectivity index (χ4n) is 3.41. The van der Waals surface area contributed by atoms with Gasteiger partial charge >= 0.3 is 13.1 Å². The maximum Gasteiger partial charge on any atom is 0.488 e. The Hall–Kier alpha value is -3.74. The molecule has 0 unspecified atom stereocenters. The highest BCUT2D eigenvalue weighted by Crippen LogP contribution is 2.27. The van der Waals surface area contributed by atoms with Crippen LogP contribution < -0.4 is 26.2 Å². The third-order valence-electron chi connectivity index (χ3n) is 5.05. The normalized spacial score (nSPS) is 11.0. The van der Waals surface area contributed by atoms with Crippen molar-refractivity contribution < 1.29 is 14.8 Å². The van der Waals surface area contributed by atoms with Gasteiger partial charge < -0.3 is 30.7 Å². The molecule has 0 spiro atoms. The maximum absolute atomic E-state index is 9.41.